The normalized spacial score (nSPS) is 10.8. The van der Waals surface area contributed by atoms with Gasteiger partial charge in [0.2, 0.25) is 0 Å². The molecule has 0 unspecified atom stereocenters. The Balaban J connectivity index is 0.00000102. The number of benzene rings is 3. The van der Waals surface area contributed by atoms with Gasteiger partial charge in [-0.1, -0.05) is 105 Å². The topological polar surface area (TPSA) is 17.8 Å². The third kappa shape index (κ3) is 3.31. The van der Waals surface area contributed by atoms with Gasteiger partial charge in [-0.2, -0.15) is 0 Å². The molecule has 4 rings (SSSR count). The molecule has 2 nitrogen and oxygen atoms in total. The molecule has 1 aromatic heterocycles. The fraction of sp³-hybridized carbons (Fsp3) is 0.160. The first-order chi connectivity index (χ1) is 13.3. The Bertz CT molecular complexity index is 845. The second-order valence-corrected chi connectivity index (χ2v) is 6.21. The summed E-state index contributed by atoms with van der Waals surface area (Å²) in [6.07, 6.45) is 3.85. The highest BCUT2D eigenvalue weighted by atomic mass is 15.1. The van der Waals surface area contributed by atoms with Crippen molar-refractivity contribution in [3.05, 3.63) is 126 Å². The van der Waals surface area contributed by atoms with Gasteiger partial charge in [0.15, 0.2) is 0 Å². The van der Waals surface area contributed by atoms with E-state index in [-0.39, 0.29) is 0 Å². The summed E-state index contributed by atoms with van der Waals surface area (Å²) in [5.41, 5.74) is 4.32. The average Bonchev–Trinajstić information content (AvgIpc) is 3.19. The number of rotatable bonds is 4. The first-order valence-electron chi connectivity index (χ1n) is 9.49. The zero-order valence-corrected chi connectivity index (χ0v) is 16.2. The van der Waals surface area contributed by atoms with Crippen LogP contribution in [0.1, 0.15) is 36.2 Å². The smallest absolute Gasteiger partial charge is 0.121 e. The van der Waals surface area contributed by atoms with E-state index in [2.05, 4.69) is 107 Å². The van der Waals surface area contributed by atoms with Crippen LogP contribution < -0.4 is 0 Å². The lowest BCUT2D eigenvalue weighted by Gasteiger charge is -2.38. The monoisotopic (exact) mass is 354 g/mol. The Kier molecular flexibility index (Phi) is 5.87. The molecule has 0 saturated carbocycles. The van der Waals surface area contributed by atoms with E-state index in [0.29, 0.717) is 0 Å². The molecule has 0 bridgehead atoms. The highest BCUT2D eigenvalue weighted by molar-refractivity contribution is 5.51. The Morgan fingerprint density at radius 2 is 1.00 bits per heavy atom. The molecule has 1 heterocycles. The summed E-state index contributed by atoms with van der Waals surface area (Å²) in [4.78, 5) is 4.43. The average molecular weight is 354 g/mol. The lowest BCUT2D eigenvalue weighted by molar-refractivity contribution is 0.504. The molecule has 0 aliphatic heterocycles. The molecule has 0 N–H and O–H groups in total. The van der Waals surface area contributed by atoms with Crippen LogP contribution in [0.4, 0.5) is 0 Å². The van der Waals surface area contributed by atoms with Crippen molar-refractivity contribution in [3.8, 4) is 0 Å². The summed E-state index contributed by atoms with van der Waals surface area (Å²) in [5, 5.41) is 0. The number of nitrogens with zero attached hydrogens (tertiary/aromatic N) is 2. The fourth-order valence-electron chi connectivity index (χ4n) is 3.67. The number of hydrogen-bond acceptors (Lipinski definition) is 1. The van der Waals surface area contributed by atoms with Crippen LogP contribution in [-0.2, 0) is 5.54 Å². The number of aromatic nitrogens is 2. The lowest BCUT2D eigenvalue weighted by atomic mass is 9.76. The minimum absolute atomic E-state index is 0.454. The van der Waals surface area contributed by atoms with Crippen LogP contribution in [0.2, 0.25) is 0 Å². The van der Waals surface area contributed by atoms with Crippen LogP contribution in [0.15, 0.2) is 104 Å². The van der Waals surface area contributed by atoms with E-state index >= 15 is 0 Å². The second-order valence-electron chi connectivity index (χ2n) is 6.21. The van der Waals surface area contributed by atoms with Gasteiger partial charge in [0.05, 0.1) is 6.33 Å². The van der Waals surface area contributed by atoms with Crippen LogP contribution in [0.5, 0.6) is 0 Å². The molecule has 27 heavy (non-hydrogen) atoms. The van der Waals surface area contributed by atoms with Crippen LogP contribution in [0.3, 0.4) is 0 Å². The summed E-state index contributed by atoms with van der Waals surface area (Å²) in [7, 11) is 0. The third-order valence-electron chi connectivity index (χ3n) is 4.76. The standard InChI is InChI=1S/C23H20N2.C2H6/c1-19-17-24-18-25(19)23(20-11-5-2-6-12-20,21-13-7-3-8-14-21)22-15-9-4-10-16-22;1-2/h2-18H,1H3;1-2H3. The lowest BCUT2D eigenvalue weighted by Crippen LogP contribution is -2.38. The Hall–Kier alpha value is -3.13. The molecular weight excluding hydrogens is 328 g/mol. The molecule has 0 spiro atoms. The van der Waals surface area contributed by atoms with Crippen molar-refractivity contribution in [2.45, 2.75) is 26.3 Å². The quantitative estimate of drug-likeness (QED) is 0.407. The van der Waals surface area contributed by atoms with E-state index in [1.165, 1.54) is 16.7 Å². The maximum Gasteiger partial charge on any atom is 0.121 e. The van der Waals surface area contributed by atoms with Crippen LogP contribution in [-0.4, -0.2) is 9.55 Å². The highest BCUT2D eigenvalue weighted by Crippen LogP contribution is 2.41. The predicted molar refractivity (Wildman–Crippen MR) is 113 cm³/mol. The molecular formula is C25H26N2. The third-order valence-corrected chi connectivity index (χ3v) is 4.76. The molecule has 136 valence electrons. The predicted octanol–water partition coefficient (Wildman–Crippen LogP) is 6.06. The van der Waals surface area contributed by atoms with Crippen LogP contribution >= 0.6 is 0 Å². The second kappa shape index (κ2) is 8.50. The summed E-state index contributed by atoms with van der Waals surface area (Å²) in [6, 6.07) is 31.9. The molecule has 0 amide bonds. The number of aryl methyl sites for hydroxylation is 1. The van der Waals surface area contributed by atoms with Gasteiger partial charge in [0.1, 0.15) is 5.54 Å². The SMILES string of the molecule is CC.Cc1cncn1C(c1ccccc1)(c1ccccc1)c1ccccc1. The van der Waals surface area contributed by atoms with Crippen molar-refractivity contribution >= 4 is 0 Å². The maximum atomic E-state index is 4.43. The van der Waals surface area contributed by atoms with Crippen molar-refractivity contribution in [1.29, 1.82) is 0 Å². The molecule has 0 saturated heterocycles. The van der Waals surface area contributed by atoms with Crippen molar-refractivity contribution in [2.75, 3.05) is 0 Å². The summed E-state index contributed by atoms with van der Waals surface area (Å²) < 4.78 is 2.27. The van der Waals surface area contributed by atoms with Gasteiger partial charge in [0, 0.05) is 11.9 Å². The van der Waals surface area contributed by atoms with Gasteiger partial charge in [-0.15, -0.1) is 0 Å². The van der Waals surface area contributed by atoms with Gasteiger partial charge in [-0.05, 0) is 23.6 Å². The Morgan fingerprint density at radius 1 is 0.630 bits per heavy atom. The van der Waals surface area contributed by atoms with Gasteiger partial charge in [-0.3, -0.25) is 0 Å². The largest absolute Gasteiger partial charge is 0.316 e. The molecule has 3 aromatic carbocycles. The maximum absolute atomic E-state index is 4.43. The minimum Gasteiger partial charge on any atom is -0.316 e. The fourth-order valence-corrected chi connectivity index (χ4v) is 3.67. The summed E-state index contributed by atoms with van der Waals surface area (Å²) in [5.74, 6) is 0. The number of hydrogen-bond donors (Lipinski definition) is 0. The van der Waals surface area contributed by atoms with E-state index in [9.17, 15) is 0 Å². The van der Waals surface area contributed by atoms with E-state index in [1.54, 1.807) is 0 Å². The molecule has 0 radical (unpaired) electrons. The Labute approximate surface area is 162 Å². The van der Waals surface area contributed by atoms with Crippen LogP contribution in [0, 0.1) is 6.92 Å². The van der Waals surface area contributed by atoms with Crippen LogP contribution in [0.25, 0.3) is 0 Å². The van der Waals surface area contributed by atoms with Crippen molar-refractivity contribution < 1.29 is 0 Å². The molecule has 0 atom stereocenters. The van der Waals surface area contributed by atoms with Crippen molar-refractivity contribution in [2.24, 2.45) is 0 Å². The molecule has 0 aliphatic carbocycles. The number of imidazole rings is 1. The van der Waals surface area contributed by atoms with Gasteiger partial charge >= 0.3 is 0 Å². The summed E-state index contributed by atoms with van der Waals surface area (Å²) >= 11 is 0. The van der Waals surface area contributed by atoms with Gasteiger partial charge < -0.3 is 4.57 Å². The highest BCUT2D eigenvalue weighted by Gasteiger charge is 2.38. The van der Waals surface area contributed by atoms with Gasteiger partial charge in [-0.25, -0.2) is 4.98 Å². The molecule has 4 aromatic rings. The van der Waals surface area contributed by atoms with Crippen molar-refractivity contribution in [1.82, 2.24) is 9.55 Å². The van der Waals surface area contributed by atoms with E-state index in [1.807, 2.05) is 26.4 Å². The minimum atomic E-state index is -0.454. The van der Waals surface area contributed by atoms with E-state index in [4.69, 9.17) is 0 Å². The van der Waals surface area contributed by atoms with Crippen molar-refractivity contribution in [3.63, 3.8) is 0 Å². The van der Waals surface area contributed by atoms with E-state index < -0.39 is 5.54 Å². The van der Waals surface area contributed by atoms with Gasteiger partial charge in [0.25, 0.3) is 0 Å². The Morgan fingerprint density at radius 3 is 1.30 bits per heavy atom. The molecule has 2 heteroatoms. The zero-order chi connectivity index (χ0) is 19.1. The molecule has 0 fully saturated rings. The first-order valence-corrected chi connectivity index (χ1v) is 9.49. The van der Waals surface area contributed by atoms with E-state index in [0.717, 1.165) is 5.69 Å². The molecule has 0 aliphatic rings. The zero-order valence-electron chi connectivity index (χ0n) is 16.2. The summed E-state index contributed by atoms with van der Waals surface area (Å²) in [6.45, 7) is 6.11. The first kappa shape index (κ1) is 18.7.